The van der Waals surface area contributed by atoms with Crippen LogP contribution in [0.1, 0.15) is 49.8 Å². The number of fused-ring (bicyclic) bond motifs is 1. The summed E-state index contributed by atoms with van der Waals surface area (Å²) in [5.41, 5.74) is 3.33. The second-order valence-corrected chi connectivity index (χ2v) is 7.27. The molecule has 1 N–H and O–H groups in total. The van der Waals surface area contributed by atoms with Gasteiger partial charge in [0, 0.05) is 12.0 Å². The minimum absolute atomic E-state index is 0.0935. The lowest BCUT2D eigenvalue weighted by Crippen LogP contribution is -2.25. The van der Waals surface area contributed by atoms with Crippen LogP contribution in [0.3, 0.4) is 0 Å². The van der Waals surface area contributed by atoms with Crippen LogP contribution < -0.4 is 5.32 Å². The summed E-state index contributed by atoms with van der Waals surface area (Å²) in [6.45, 7) is 4.33. The Morgan fingerprint density at radius 3 is 2.74 bits per heavy atom. The summed E-state index contributed by atoms with van der Waals surface area (Å²) in [4.78, 5) is 12.2. The molecule has 3 rings (SSSR count). The van der Waals surface area contributed by atoms with Crippen molar-refractivity contribution in [2.24, 2.45) is 0 Å². The fraction of sp³-hybridized carbons (Fsp3) is 0.444. The third-order valence-corrected chi connectivity index (χ3v) is 4.91. The van der Waals surface area contributed by atoms with Gasteiger partial charge in [-0.1, -0.05) is 32.0 Å². The molecule has 0 spiro atoms. The maximum absolute atomic E-state index is 12.2. The van der Waals surface area contributed by atoms with Crippen molar-refractivity contribution in [3.05, 3.63) is 41.6 Å². The lowest BCUT2D eigenvalue weighted by atomic mass is 9.87. The van der Waals surface area contributed by atoms with E-state index in [1.807, 2.05) is 46.8 Å². The normalized spacial score (nSPS) is 17.2. The second-order valence-electron chi connectivity index (χ2n) is 6.28. The number of thioether (sulfide) groups is 1. The Balaban J connectivity index is 2.12. The van der Waals surface area contributed by atoms with Crippen molar-refractivity contribution in [1.29, 1.82) is 0 Å². The maximum atomic E-state index is 12.2. The molecule has 1 aromatic carbocycles. The second kappa shape index (κ2) is 6.79. The molecule has 5 heteroatoms. The van der Waals surface area contributed by atoms with Gasteiger partial charge in [-0.25, -0.2) is 4.68 Å². The van der Waals surface area contributed by atoms with Gasteiger partial charge in [-0.3, -0.25) is 4.79 Å². The number of benzene rings is 1. The highest BCUT2D eigenvalue weighted by Crippen LogP contribution is 2.41. The van der Waals surface area contributed by atoms with Crippen molar-refractivity contribution >= 4 is 23.5 Å². The van der Waals surface area contributed by atoms with Gasteiger partial charge in [0.2, 0.25) is 5.91 Å². The van der Waals surface area contributed by atoms with E-state index < -0.39 is 0 Å². The van der Waals surface area contributed by atoms with Gasteiger partial charge in [-0.15, -0.1) is 0 Å². The summed E-state index contributed by atoms with van der Waals surface area (Å²) in [5.74, 6) is 2.62. The molecule has 1 amide bonds. The molecule has 4 nitrogen and oxygen atoms in total. The smallest absolute Gasteiger partial charge is 0.226 e. The van der Waals surface area contributed by atoms with E-state index in [1.54, 1.807) is 0 Å². The zero-order valence-electron chi connectivity index (χ0n) is 13.9. The molecule has 122 valence electrons. The van der Waals surface area contributed by atoms with E-state index in [9.17, 15) is 4.79 Å². The van der Waals surface area contributed by atoms with Gasteiger partial charge < -0.3 is 5.32 Å². The monoisotopic (exact) mass is 329 g/mol. The first-order chi connectivity index (χ1) is 11.1. The third-order valence-electron chi connectivity index (χ3n) is 4.27. The molecular weight excluding hydrogens is 306 g/mol. The number of anilines is 1. The van der Waals surface area contributed by atoms with Gasteiger partial charge in [0.1, 0.15) is 5.82 Å². The van der Waals surface area contributed by atoms with Crippen molar-refractivity contribution in [3.8, 4) is 5.69 Å². The molecular formula is C18H23N3OS. The van der Waals surface area contributed by atoms with E-state index in [0.29, 0.717) is 12.3 Å². The fourth-order valence-electron chi connectivity index (χ4n) is 3.17. The van der Waals surface area contributed by atoms with Crippen molar-refractivity contribution in [2.45, 2.75) is 38.5 Å². The number of aromatic nitrogens is 2. The fourth-order valence-corrected chi connectivity index (χ4v) is 3.69. The average molecular weight is 329 g/mol. The summed E-state index contributed by atoms with van der Waals surface area (Å²) in [6.07, 6.45) is 3.69. The van der Waals surface area contributed by atoms with Crippen LogP contribution in [0.2, 0.25) is 0 Å². The number of para-hydroxylation sites is 1. The molecule has 1 atom stereocenters. The molecule has 23 heavy (non-hydrogen) atoms. The van der Waals surface area contributed by atoms with Gasteiger partial charge >= 0.3 is 0 Å². The summed E-state index contributed by atoms with van der Waals surface area (Å²) in [7, 11) is 0. The largest absolute Gasteiger partial charge is 0.310 e. The lowest BCUT2D eigenvalue weighted by Gasteiger charge is -2.24. The maximum Gasteiger partial charge on any atom is 0.226 e. The van der Waals surface area contributed by atoms with Crippen LogP contribution in [-0.4, -0.2) is 27.7 Å². The van der Waals surface area contributed by atoms with Crippen LogP contribution in [0.4, 0.5) is 5.82 Å². The van der Waals surface area contributed by atoms with E-state index in [0.717, 1.165) is 29.4 Å². The van der Waals surface area contributed by atoms with E-state index in [4.69, 9.17) is 5.10 Å². The average Bonchev–Trinajstić information content (AvgIpc) is 2.93. The number of carbonyl (C=O) groups excluding carboxylic acids is 1. The molecule has 0 fully saturated rings. The predicted octanol–water partition coefficient (Wildman–Crippen LogP) is 4.17. The van der Waals surface area contributed by atoms with E-state index in [2.05, 4.69) is 25.4 Å². The van der Waals surface area contributed by atoms with Crippen LogP contribution in [-0.2, 0) is 4.79 Å². The Kier molecular flexibility index (Phi) is 4.76. The first kappa shape index (κ1) is 16.1. The summed E-state index contributed by atoms with van der Waals surface area (Å²) < 4.78 is 1.90. The molecule has 1 aromatic heterocycles. The van der Waals surface area contributed by atoms with Gasteiger partial charge in [0.05, 0.1) is 11.4 Å². The molecule has 0 saturated carbocycles. The number of rotatable bonds is 5. The highest BCUT2D eigenvalue weighted by atomic mass is 32.2. The number of nitrogens with one attached hydrogen (secondary N) is 1. The first-order valence-electron chi connectivity index (χ1n) is 8.08. The lowest BCUT2D eigenvalue weighted by molar-refractivity contribution is -0.116. The summed E-state index contributed by atoms with van der Waals surface area (Å²) in [6, 6.07) is 10.0. The molecule has 2 heterocycles. The number of carbonyl (C=O) groups is 1. The standard InChI is InChI=1S/C18H23N3OS/c1-12(2)17-16-13(9-10-23-3)11-15(22)19-18(16)21(20-17)14-7-5-4-6-8-14/h4-8,12-13H,9-11H2,1-3H3,(H,19,22). The molecule has 0 saturated heterocycles. The SMILES string of the molecule is CSCCC1CC(=O)Nc2c1c(C(C)C)nn2-c1ccccc1. The Labute approximate surface area is 141 Å². The molecule has 0 aliphatic carbocycles. The molecule has 0 radical (unpaired) electrons. The quantitative estimate of drug-likeness (QED) is 0.895. The molecule has 1 aliphatic heterocycles. The van der Waals surface area contributed by atoms with Gasteiger partial charge in [-0.05, 0) is 42.4 Å². The van der Waals surface area contributed by atoms with E-state index >= 15 is 0 Å². The number of hydrogen-bond acceptors (Lipinski definition) is 3. The number of nitrogens with zero attached hydrogens (tertiary/aromatic N) is 2. The van der Waals surface area contributed by atoms with Crippen molar-refractivity contribution in [2.75, 3.05) is 17.3 Å². The molecule has 1 aliphatic rings. The Morgan fingerprint density at radius 2 is 2.09 bits per heavy atom. The van der Waals surface area contributed by atoms with Crippen LogP contribution in [0.5, 0.6) is 0 Å². The number of hydrogen-bond donors (Lipinski definition) is 1. The van der Waals surface area contributed by atoms with Crippen molar-refractivity contribution in [3.63, 3.8) is 0 Å². The van der Waals surface area contributed by atoms with Crippen molar-refractivity contribution in [1.82, 2.24) is 9.78 Å². The van der Waals surface area contributed by atoms with E-state index in [-0.39, 0.29) is 11.8 Å². The van der Waals surface area contributed by atoms with Crippen LogP contribution in [0.15, 0.2) is 30.3 Å². The summed E-state index contributed by atoms with van der Waals surface area (Å²) >= 11 is 1.83. The van der Waals surface area contributed by atoms with Gasteiger partial charge in [-0.2, -0.15) is 16.9 Å². The minimum Gasteiger partial charge on any atom is -0.310 e. The molecule has 0 bridgehead atoms. The Morgan fingerprint density at radius 1 is 1.35 bits per heavy atom. The predicted molar refractivity (Wildman–Crippen MR) is 96.6 cm³/mol. The molecule has 2 aromatic rings. The van der Waals surface area contributed by atoms with Crippen LogP contribution in [0.25, 0.3) is 5.69 Å². The minimum atomic E-state index is 0.0935. The number of amides is 1. The van der Waals surface area contributed by atoms with Gasteiger partial charge in [0.15, 0.2) is 0 Å². The van der Waals surface area contributed by atoms with Crippen LogP contribution >= 0.6 is 11.8 Å². The first-order valence-corrected chi connectivity index (χ1v) is 9.48. The highest BCUT2D eigenvalue weighted by Gasteiger charge is 2.33. The summed E-state index contributed by atoms with van der Waals surface area (Å²) in [5, 5.41) is 7.91. The Bertz CT molecular complexity index is 694. The molecule has 1 unspecified atom stereocenters. The van der Waals surface area contributed by atoms with Crippen molar-refractivity contribution < 1.29 is 4.79 Å². The highest BCUT2D eigenvalue weighted by molar-refractivity contribution is 7.98. The third kappa shape index (κ3) is 3.15. The van der Waals surface area contributed by atoms with Crippen LogP contribution in [0, 0.1) is 0 Å². The van der Waals surface area contributed by atoms with Gasteiger partial charge in [0.25, 0.3) is 0 Å². The topological polar surface area (TPSA) is 46.9 Å². The zero-order chi connectivity index (χ0) is 16.4. The van der Waals surface area contributed by atoms with E-state index in [1.165, 1.54) is 5.56 Å². The Hall–Kier alpha value is -1.75. The zero-order valence-corrected chi connectivity index (χ0v) is 14.7.